The Morgan fingerprint density at radius 3 is 1.39 bits per heavy atom. The molecule has 2 aliphatic heterocycles. The first-order valence-electron chi connectivity index (χ1n) is 26.8. The summed E-state index contributed by atoms with van der Waals surface area (Å²) in [6.45, 7) is 19.1. The number of rotatable bonds is 8. The molecule has 6 N–H and O–H groups in total. The van der Waals surface area contributed by atoms with Crippen LogP contribution >= 0.6 is 63.7 Å². The normalized spacial score (nSPS) is 12.3. The molecule has 11 rings (SSSR count). The highest BCUT2D eigenvalue weighted by atomic mass is 79.9. The Bertz CT molecular complexity index is 3870. The molecule has 0 radical (unpaired) electrons. The van der Waals surface area contributed by atoms with Crippen molar-refractivity contribution >= 4 is 92.5 Å². The Balaban J connectivity index is 0.000000172. The number of nitrogens with zero attached hydrogens (tertiary/aromatic N) is 9. The van der Waals surface area contributed by atoms with Crippen molar-refractivity contribution in [1.29, 1.82) is 10.8 Å². The Hall–Kier alpha value is -7.93. The number of hydrogen-bond donors (Lipinski definition) is 5. The number of benzene rings is 6. The highest BCUT2D eigenvalue weighted by Crippen LogP contribution is 2.29. The number of methoxy groups -OCH3 is 1. The molecule has 9 aromatic rings. The molecular formula is C62H58Br4F6N14O2. The number of ether oxygens (including phenoxy) is 1. The lowest BCUT2D eigenvalue weighted by molar-refractivity contribution is 0.383. The van der Waals surface area contributed by atoms with E-state index in [2.05, 4.69) is 119 Å². The standard InChI is InChI=1S/C15H17FN4.C14H17FN4O.C11H8BrFN2.C8H7BrFNO.C7H6BrFN2.C7H3BrFN/c1-11-4-5-18-15(19-11)12-2-3-13(16)14(10-12)20-8-6-17-7-9-20;1-2-13-17-14(18-20-13)10-3-4-11(15)12(9-10)19-7-5-16-6-8-19;1-7-4-5-14-11(15-7)8-2-3-10(13)9(12)6-8;1-12-8(11)5-2-3-7(10)6(9)4-5;8-5-3-4(7(10)11)1-2-6(5)9;1-10-5-2-3-7(9)6(8)4-5/h2-5,10,17H,6-9H2,1H3;3-4,9,16H,2,5-8H2,1H3;2-6H,1H3;2-4,11H,1H3;1-3H,(H3,10,11);2-4H. The van der Waals surface area contributed by atoms with E-state index >= 15 is 0 Å². The molecule has 0 saturated carbocycles. The highest BCUT2D eigenvalue weighted by Gasteiger charge is 2.19. The second kappa shape index (κ2) is 34.6. The molecule has 16 nitrogen and oxygen atoms in total. The van der Waals surface area contributed by atoms with E-state index < -0.39 is 0 Å². The maximum atomic E-state index is 14.0. The summed E-state index contributed by atoms with van der Waals surface area (Å²) in [5.41, 5.74) is 12.1. The number of nitrogens with two attached hydrogens (primary N) is 1. The number of aryl methyl sites for hydroxylation is 3. The summed E-state index contributed by atoms with van der Waals surface area (Å²) in [6, 6.07) is 31.0. The molecule has 0 amide bonds. The van der Waals surface area contributed by atoms with Crippen molar-refractivity contribution in [2.45, 2.75) is 27.2 Å². The summed E-state index contributed by atoms with van der Waals surface area (Å²) >= 11 is 12.1. The maximum Gasteiger partial charge on any atom is 0.226 e. The van der Waals surface area contributed by atoms with Crippen molar-refractivity contribution in [3.8, 4) is 34.2 Å². The van der Waals surface area contributed by atoms with Gasteiger partial charge in [-0.2, -0.15) is 4.98 Å². The Labute approximate surface area is 538 Å². The molecule has 88 heavy (non-hydrogen) atoms. The molecule has 0 spiro atoms. The topological polar surface area (TPSA) is 208 Å². The predicted octanol–water partition coefficient (Wildman–Crippen LogP) is 14.8. The quantitative estimate of drug-likeness (QED) is 0.0416. The molecule has 6 aromatic carbocycles. The largest absolute Gasteiger partial charge is 0.481 e. The van der Waals surface area contributed by atoms with Crippen LogP contribution in [-0.2, 0) is 11.2 Å². The van der Waals surface area contributed by atoms with E-state index in [-0.39, 0.29) is 46.6 Å². The SMILES string of the molecule is CCc1nc(-c2ccc(F)c(N3CCNCC3)c2)no1.COC(=N)c1ccc(F)c(Br)c1.Cc1ccnc(-c2ccc(F)c(Br)c2)n1.Cc1ccnc(-c2ccc(F)c(N3CCNCC3)c2)n1.N=C(N)c1ccc(F)c(Br)c1.[C-]#[N+]c1ccc(F)c(Br)c1. The lowest BCUT2D eigenvalue weighted by atomic mass is 10.1. The summed E-state index contributed by atoms with van der Waals surface area (Å²) in [5.74, 6) is 0.583. The predicted molar refractivity (Wildman–Crippen MR) is 345 cm³/mol. The smallest absolute Gasteiger partial charge is 0.226 e. The van der Waals surface area contributed by atoms with Gasteiger partial charge in [-0.05, 0) is 193 Å². The fourth-order valence-corrected chi connectivity index (χ4v) is 9.40. The van der Waals surface area contributed by atoms with Gasteiger partial charge in [-0.1, -0.05) is 18.1 Å². The second-order valence-electron chi connectivity index (χ2n) is 18.8. The summed E-state index contributed by atoms with van der Waals surface area (Å²) in [5, 5.41) is 24.8. The zero-order chi connectivity index (χ0) is 63.9. The summed E-state index contributed by atoms with van der Waals surface area (Å²) in [6.07, 6.45) is 4.11. The van der Waals surface area contributed by atoms with Crippen molar-refractivity contribution in [3.05, 3.63) is 226 Å². The average Bonchev–Trinajstić information content (AvgIpc) is 4.26. The molecule has 2 saturated heterocycles. The summed E-state index contributed by atoms with van der Waals surface area (Å²) < 4.78 is 90.1. The van der Waals surface area contributed by atoms with Gasteiger partial charge in [0.15, 0.2) is 17.3 Å². The van der Waals surface area contributed by atoms with Gasteiger partial charge in [-0.15, -0.1) is 0 Å². The van der Waals surface area contributed by atoms with Gasteiger partial charge < -0.3 is 35.4 Å². The second-order valence-corrected chi connectivity index (χ2v) is 22.2. The number of aromatic nitrogens is 6. The van der Waals surface area contributed by atoms with Gasteiger partial charge >= 0.3 is 0 Å². The molecule has 0 atom stereocenters. The molecule has 5 heterocycles. The van der Waals surface area contributed by atoms with Gasteiger partial charge in [0.25, 0.3) is 0 Å². The van der Waals surface area contributed by atoms with Crippen LogP contribution < -0.4 is 26.2 Å². The van der Waals surface area contributed by atoms with Crippen LogP contribution in [0.2, 0.25) is 0 Å². The lowest BCUT2D eigenvalue weighted by Gasteiger charge is -2.30. The number of piperazine rings is 2. The molecule has 0 bridgehead atoms. The van der Waals surface area contributed by atoms with Gasteiger partial charge in [-0.3, -0.25) is 10.8 Å². The zero-order valence-electron chi connectivity index (χ0n) is 47.8. The van der Waals surface area contributed by atoms with E-state index in [9.17, 15) is 26.3 Å². The minimum atomic E-state index is -0.352. The maximum absolute atomic E-state index is 14.0. The van der Waals surface area contributed by atoms with E-state index in [0.717, 1.165) is 80.4 Å². The molecule has 26 heteroatoms. The third kappa shape index (κ3) is 20.9. The van der Waals surface area contributed by atoms with Gasteiger partial charge in [0, 0.05) is 115 Å². The van der Waals surface area contributed by atoms with E-state index in [1.54, 1.807) is 42.7 Å². The van der Waals surface area contributed by atoms with Crippen molar-refractivity contribution in [2.75, 3.05) is 69.3 Å². The van der Waals surface area contributed by atoms with Crippen LogP contribution in [0.4, 0.5) is 43.4 Å². The molecule has 0 unspecified atom stereocenters. The monoisotopic (exact) mass is 1460 g/mol. The van der Waals surface area contributed by atoms with E-state index in [4.69, 9.17) is 27.6 Å². The van der Waals surface area contributed by atoms with Gasteiger partial charge in [-0.25, -0.2) is 51.1 Å². The van der Waals surface area contributed by atoms with Crippen molar-refractivity contribution in [1.82, 2.24) is 40.7 Å². The Morgan fingerprint density at radius 1 is 0.568 bits per heavy atom. The lowest BCUT2D eigenvalue weighted by Crippen LogP contribution is -2.43. The molecule has 2 aliphatic rings. The molecular weight excluding hydrogens is 1410 g/mol. The number of amidine groups is 1. The van der Waals surface area contributed by atoms with Gasteiger partial charge in [0.1, 0.15) is 40.7 Å². The number of halogens is 10. The van der Waals surface area contributed by atoms with Crippen LogP contribution in [0.3, 0.4) is 0 Å². The van der Waals surface area contributed by atoms with E-state index in [1.807, 2.05) is 43.9 Å². The number of nitrogens with one attached hydrogen (secondary N) is 4. The van der Waals surface area contributed by atoms with Crippen molar-refractivity contribution in [2.24, 2.45) is 5.73 Å². The number of nitrogen functional groups attached to an aromatic ring is 1. The third-order valence-electron chi connectivity index (χ3n) is 12.5. The third-order valence-corrected chi connectivity index (χ3v) is 14.9. The summed E-state index contributed by atoms with van der Waals surface area (Å²) in [4.78, 5) is 28.6. The minimum Gasteiger partial charge on any atom is -0.481 e. The number of hydrogen-bond acceptors (Lipinski definition) is 14. The highest BCUT2D eigenvalue weighted by molar-refractivity contribution is 9.11. The molecule has 3 aromatic heterocycles. The van der Waals surface area contributed by atoms with Crippen LogP contribution in [0.5, 0.6) is 0 Å². The Morgan fingerprint density at radius 2 is 0.977 bits per heavy atom. The minimum absolute atomic E-state index is 0.0238. The fraction of sp³-hybridized carbons (Fsp3) is 0.210. The molecule has 0 aliphatic carbocycles. The van der Waals surface area contributed by atoms with Crippen LogP contribution in [0.1, 0.15) is 35.3 Å². The summed E-state index contributed by atoms with van der Waals surface area (Å²) in [7, 11) is 1.40. The van der Waals surface area contributed by atoms with Gasteiger partial charge in [0.2, 0.25) is 17.6 Å². The Kier molecular flexibility index (Phi) is 27.2. The van der Waals surface area contributed by atoms with Crippen molar-refractivity contribution in [3.63, 3.8) is 0 Å². The van der Waals surface area contributed by atoms with Crippen LogP contribution in [0.25, 0.3) is 39.0 Å². The van der Waals surface area contributed by atoms with Crippen LogP contribution in [-0.4, -0.2) is 101 Å². The first-order chi connectivity index (χ1) is 42.2. The fourth-order valence-electron chi connectivity index (χ4n) is 7.90. The van der Waals surface area contributed by atoms with Crippen LogP contribution in [0.15, 0.2) is 156 Å². The van der Waals surface area contributed by atoms with Crippen LogP contribution in [0, 0.1) is 66.1 Å². The first-order valence-corrected chi connectivity index (χ1v) is 29.9. The van der Waals surface area contributed by atoms with E-state index in [0.29, 0.717) is 75.9 Å². The zero-order valence-corrected chi connectivity index (χ0v) is 54.1. The average molecular weight is 1460 g/mol. The first kappa shape index (κ1) is 69.2. The number of anilines is 2. The van der Waals surface area contributed by atoms with Gasteiger partial charge in [0.05, 0.1) is 38.5 Å². The van der Waals surface area contributed by atoms with E-state index in [1.165, 1.54) is 79.9 Å². The van der Waals surface area contributed by atoms with Crippen molar-refractivity contribution < 1.29 is 35.6 Å². The molecule has 458 valence electrons. The molecule has 2 fully saturated rings.